The zero-order valence-corrected chi connectivity index (χ0v) is 12.5. The Morgan fingerprint density at radius 1 is 0.857 bits per heavy atom. The highest BCUT2D eigenvalue weighted by atomic mass is 32.2. The molecule has 0 aromatic carbocycles. The van der Waals surface area contributed by atoms with Gasteiger partial charge < -0.3 is 18.9 Å². The summed E-state index contributed by atoms with van der Waals surface area (Å²) in [5.41, 5.74) is 8.01. The van der Waals surface area contributed by atoms with Gasteiger partial charge in [-0.2, -0.15) is 8.42 Å². The van der Waals surface area contributed by atoms with Crippen molar-refractivity contribution in [2.24, 2.45) is 5.11 Å². The number of hydrogen-bond donors (Lipinski definition) is 1. The predicted molar refractivity (Wildman–Crippen MR) is 73.7 cm³/mol. The molecule has 0 saturated heterocycles. The topological polar surface area (TPSA) is 140 Å². The summed E-state index contributed by atoms with van der Waals surface area (Å²) in [6.07, 6.45) is 0. The molecule has 21 heavy (non-hydrogen) atoms. The van der Waals surface area contributed by atoms with Gasteiger partial charge in [-0.3, -0.25) is 4.55 Å². The third-order valence-electron chi connectivity index (χ3n) is 2.00. The molecule has 0 aliphatic carbocycles. The van der Waals surface area contributed by atoms with Gasteiger partial charge in [-0.05, 0) is 5.53 Å². The van der Waals surface area contributed by atoms with Crippen molar-refractivity contribution >= 4 is 10.1 Å². The third-order valence-corrected chi connectivity index (χ3v) is 2.68. The third kappa shape index (κ3) is 19.1. The van der Waals surface area contributed by atoms with Crippen LogP contribution in [0, 0.1) is 0 Å². The fraction of sp³-hybridized carbons (Fsp3) is 1.00. The van der Waals surface area contributed by atoms with E-state index in [-0.39, 0.29) is 13.2 Å². The lowest BCUT2D eigenvalue weighted by Crippen LogP contribution is -2.15. The van der Waals surface area contributed by atoms with Crippen molar-refractivity contribution in [3.63, 3.8) is 0 Å². The van der Waals surface area contributed by atoms with Gasteiger partial charge in [0.05, 0.1) is 58.6 Å². The fourth-order valence-corrected chi connectivity index (χ4v) is 1.40. The van der Waals surface area contributed by atoms with Gasteiger partial charge >= 0.3 is 0 Å². The molecule has 0 heterocycles. The molecular formula is C10H21N3O7S. The molecule has 0 fully saturated rings. The van der Waals surface area contributed by atoms with Gasteiger partial charge in [0.25, 0.3) is 10.1 Å². The van der Waals surface area contributed by atoms with E-state index in [0.717, 1.165) is 0 Å². The molecule has 0 aliphatic heterocycles. The molecule has 0 aromatic rings. The Kier molecular flexibility index (Phi) is 13.4. The Hall–Kier alpha value is -0.940. The van der Waals surface area contributed by atoms with Crippen LogP contribution in [0.25, 0.3) is 10.4 Å². The van der Waals surface area contributed by atoms with E-state index in [1.807, 2.05) is 0 Å². The largest absolute Gasteiger partial charge is 0.379 e. The first kappa shape index (κ1) is 20.1. The Labute approximate surface area is 123 Å². The van der Waals surface area contributed by atoms with Crippen LogP contribution < -0.4 is 0 Å². The highest BCUT2D eigenvalue weighted by molar-refractivity contribution is 7.85. The second kappa shape index (κ2) is 14.0. The van der Waals surface area contributed by atoms with Gasteiger partial charge in [-0.25, -0.2) is 0 Å². The first-order chi connectivity index (χ1) is 10.1. The van der Waals surface area contributed by atoms with Gasteiger partial charge in [0.15, 0.2) is 0 Å². The van der Waals surface area contributed by atoms with E-state index in [9.17, 15) is 8.42 Å². The monoisotopic (exact) mass is 327 g/mol. The smallest absolute Gasteiger partial charge is 0.267 e. The van der Waals surface area contributed by atoms with Gasteiger partial charge in [-0.15, -0.1) is 0 Å². The van der Waals surface area contributed by atoms with E-state index in [1.54, 1.807) is 0 Å². The first-order valence-electron chi connectivity index (χ1n) is 6.33. The maximum absolute atomic E-state index is 10.4. The Balaban J connectivity index is 3.07. The maximum Gasteiger partial charge on any atom is 0.267 e. The van der Waals surface area contributed by atoms with Crippen molar-refractivity contribution in [3.8, 4) is 0 Å². The lowest BCUT2D eigenvalue weighted by molar-refractivity contribution is 0.000499. The van der Waals surface area contributed by atoms with Crippen LogP contribution >= 0.6 is 0 Å². The summed E-state index contributed by atoms with van der Waals surface area (Å²) in [7, 11) is -3.96. The van der Waals surface area contributed by atoms with Crippen molar-refractivity contribution in [3.05, 3.63) is 10.4 Å². The number of hydrogen-bond acceptors (Lipinski definition) is 7. The number of azide groups is 1. The van der Waals surface area contributed by atoms with Gasteiger partial charge in [0, 0.05) is 11.5 Å². The zero-order chi connectivity index (χ0) is 15.8. The van der Waals surface area contributed by atoms with E-state index in [0.29, 0.717) is 46.2 Å². The number of ether oxygens (including phenoxy) is 4. The molecular weight excluding hydrogens is 306 g/mol. The highest BCUT2D eigenvalue weighted by Gasteiger charge is 2.02. The van der Waals surface area contributed by atoms with Crippen LogP contribution in [0.15, 0.2) is 5.11 Å². The van der Waals surface area contributed by atoms with Crippen LogP contribution in [0.3, 0.4) is 0 Å². The van der Waals surface area contributed by atoms with E-state index in [4.69, 9.17) is 29.0 Å². The van der Waals surface area contributed by atoms with Crippen LogP contribution in [0.1, 0.15) is 0 Å². The molecule has 0 spiro atoms. The molecule has 124 valence electrons. The fourth-order valence-electron chi connectivity index (χ4n) is 1.08. The van der Waals surface area contributed by atoms with E-state index < -0.39 is 15.9 Å². The normalized spacial score (nSPS) is 11.3. The highest BCUT2D eigenvalue weighted by Crippen LogP contribution is 1.86. The molecule has 1 N–H and O–H groups in total. The summed E-state index contributed by atoms with van der Waals surface area (Å²) < 4.78 is 49.6. The molecule has 0 atom stereocenters. The molecule has 11 heteroatoms. The van der Waals surface area contributed by atoms with Crippen molar-refractivity contribution in [2.75, 3.05) is 65.2 Å². The van der Waals surface area contributed by atoms with E-state index in [2.05, 4.69) is 10.0 Å². The minimum Gasteiger partial charge on any atom is -0.379 e. The second-order valence-corrected chi connectivity index (χ2v) is 5.26. The summed E-state index contributed by atoms with van der Waals surface area (Å²) in [6, 6.07) is 0. The molecule has 0 bridgehead atoms. The van der Waals surface area contributed by atoms with Crippen molar-refractivity contribution in [1.29, 1.82) is 0 Å². The maximum atomic E-state index is 10.4. The average Bonchev–Trinajstić information content (AvgIpc) is 2.42. The van der Waals surface area contributed by atoms with Crippen LogP contribution in [0.2, 0.25) is 0 Å². The summed E-state index contributed by atoms with van der Waals surface area (Å²) in [5.74, 6) is -0.421. The molecule has 0 saturated carbocycles. The van der Waals surface area contributed by atoms with E-state index in [1.165, 1.54) is 0 Å². The summed E-state index contributed by atoms with van der Waals surface area (Å²) >= 11 is 0. The van der Waals surface area contributed by atoms with Gasteiger partial charge in [-0.1, -0.05) is 5.11 Å². The molecule has 0 amide bonds. The van der Waals surface area contributed by atoms with Crippen LogP contribution in [-0.2, 0) is 29.1 Å². The minimum atomic E-state index is -3.96. The Morgan fingerprint density at radius 3 is 1.71 bits per heavy atom. The average molecular weight is 327 g/mol. The predicted octanol–water partition coefficient (Wildman–Crippen LogP) is 0.251. The quantitative estimate of drug-likeness (QED) is 0.149. The van der Waals surface area contributed by atoms with Gasteiger partial charge in [0.1, 0.15) is 0 Å². The number of rotatable bonds is 15. The number of nitrogens with zero attached hydrogens (tertiary/aromatic N) is 3. The molecule has 0 radical (unpaired) electrons. The lowest BCUT2D eigenvalue weighted by atomic mass is 10.7. The standard InChI is InChI=1S/C10H21N3O7S/c11-13-12-1-2-17-3-4-18-5-6-19-7-8-20-9-10-21(14,15)16/h1-10H2,(H,14,15,16). The summed E-state index contributed by atoms with van der Waals surface area (Å²) in [5, 5.41) is 3.31. The zero-order valence-electron chi connectivity index (χ0n) is 11.7. The molecule has 0 rings (SSSR count). The van der Waals surface area contributed by atoms with Gasteiger partial charge in [0.2, 0.25) is 0 Å². The SMILES string of the molecule is [N-]=[N+]=NCCOCCOCCOCCOCCS(=O)(=O)O. The van der Waals surface area contributed by atoms with Crippen molar-refractivity contribution < 1.29 is 31.9 Å². The minimum absolute atomic E-state index is 0.0636. The van der Waals surface area contributed by atoms with E-state index >= 15 is 0 Å². The van der Waals surface area contributed by atoms with Crippen LogP contribution in [0.5, 0.6) is 0 Å². The summed E-state index contributed by atoms with van der Waals surface area (Å²) in [6.45, 7) is 2.80. The lowest BCUT2D eigenvalue weighted by Gasteiger charge is -2.06. The summed E-state index contributed by atoms with van der Waals surface area (Å²) in [4.78, 5) is 2.59. The Morgan fingerprint density at radius 2 is 1.29 bits per heavy atom. The first-order valence-corrected chi connectivity index (χ1v) is 7.94. The molecule has 0 unspecified atom stereocenters. The van der Waals surface area contributed by atoms with Crippen LogP contribution in [0.4, 0.5) is 0 Å². The van der Waals surface area contributed by atoms with Crippen molar-refractivity contribution in [2.45, 2.75) is 0 Å². The Bertz CT molecular complexity index is 384. The van der Waals surface area contributed by atoms with Crippen LogP contribution in [-0.4, -0.2) is 78.1 Å². The molecule has 10 nitrogen and oxygen atoms in total. The second-order valence-electron chi connectivity index (χ2n) is 3.69. The molecule has 0 aliphatic rings. The van der Waals surface area contributed by atoms with Crippen molar-refractivity contribution in [1.82, 2.24) is 0 Å². The molecule has 0 aromatic heterocycles.